The number of nitrogens with zero attached hydrogens (tertiary/aromatic N) is 1. The van der Waals surface area contributed by atoms with E-state index >= 15 is 0 Å². The zero-order valence-corrected chi connectivity index (χ0v) is 10.1. The number of hydrogen-bond donors (Lipinski definition) is 2. The lowest BCUT2D eigenvalue weighted by Crippen LogP contribution is -2.49. The summed E-state index contributed by atoms with van der Waals surface area (Å²) in [4.78, 5) is 35.2. The summed E-state index contributed by atoms with van der Waals surface area (Å²) in [5.74, 6) is -1.49. The molecule has 2 atom stereocenters. The first-order chi connectivity index (χ1) is 7.95. The van der Waals surface area contributed by atoms with Gasteiger partial charge in [0.05, 0.1) is 0 Å². The number of carbonyl (C=O) groups is 3. The van der Waals surface area contributed by atoms with Gasteiger partial charge in [0.15, 0.2) is 0 Å². The first-order valence-corrected chi connectivity index (χ1v) is 5.77. The fourth-order valence-corrected chi connectivity index (χ4v) is 1.82. The highest BCUT2D eigenvalue weighted by Gasteiger charge is 2.33. The van der Waals surface area contributed by atoms with Gasteiger partial charge in [0.1, 0.15) is 12.6 Å². The van der Waals surface area contributed by atoms with Gasteiger partial charge in [0, 0.05) is 12.5 Å². The molecular weight excluding hydrogens is 224 g/mol. The Kier molecular flexibility index (Phi) is 4.48. The van der Waals surface area contributed by atoms with E-state index in [4.69, 9.17) is 5.11 Å². The molecule has 17 heavy (non-hydrogen) atoms. The van der Waals surface area contributed by atoms with Crippen molar-refractivity contribution in [1.82, 2.24) is 10.2 Å². The maximum Gasteiger partial charge on any atom is 0.323 e. The number of carboxylic acid groups (broad SMARTS) is 1. The Labute approximate surface area is 100.0 Å². The molecule has 1 fully saturated rings. The largest absolute Gasteiger partial charge is 0.480 e. The minimum absolute atomic E-state index is 0.142. The van der Waals surface area contributed by atoms with Crippen LogP contribution in [0.3, 0.4) is 0 Å². The molecule has 1 heterocycles. The minimum atomic E-state index is -1.04. The van der Waals surface area contributed by atoms with Crippen molar-refractivity contribution in [2.24, 2.45) is 0 Å². The van der Waals surface area contributed by atoms with E-state index in [1.165, 1.54) is 4.90 Å². The number of carbonyl (C=O) groups excluding carboxylic acids is 2. The highest BCUT2D eigenvalue weighted by molar-refractivity contribution is 5.92. The van der Waals surface area contributed by atoms with Gasteiger partial charge < -0.3 is 15.3 Å². The van der Waals surface area contributed by atoms with Crippen molar-refractivity contribution in [3.63, 3.8) is 0 Å². The van der Waals surface area contributed by atoms with E-state index in [-0.39, 0.29) is 24.4 Å². The van der Waals surface area contributed by atoms with Crippen molar-refractivity contribution in [1.29, 1.82) is 0 Å². The van der Waals surface area contributed by atoms with Crippen LogP contribution in [0.4, 0.5) is 0 Å². The van der Waals surface area contributed by atoms with Gasteiger partial charge in [0.2, 0.25) is 11.8 Å². The van der Waals surface area contributed by atoms with E-state index in [1.54, 1.807) is 6.92 Å². The van der Waals surface area contributed by atoms with Crippen LogP contribution in [0.25, 0.3) is 0 Å². The van der Waals surface area contributed by atoms with E-state index in [2.05, 4.69) is 5.32 Å². The predicted molar refractivity (Wildman–Crippen MR) is 60.3 cm³/mol. The van der Waals surface area contributed by atoms with E-state index in [0.717, 1.165) is 0 Å². The van der Waals surface area contributed by atoms with Gasteiger partial charge in [-0.2, -0.15) is 0 Å². The molecule has 0 aromatic carbocycles. The first-order valence-electron chi connectivity index (χ1n) is 5.77. The first kappa shape index (κ1) is 13.5. The molecule has 0 aliphatic carbocycles. The van der Waals surface area contributed by atoms with Crippen molar-refractivity contribution in [3.8, 4) is 0 Å². The second-order valence-corrected chi connectivity index (χ2v) is 4.28. The summed E-state index contributed by atoms with van der Waals surface area (Å²) in [6.07, 6.45) is 1.46. The second kappa shape index (κ2) is 5.65. The monoisotopic (exact) mass is 242 g/mol. The summed E-state index contributed by atoms with van der Waals surface area (Å²) < 4.78 is 0. The number of carboxylic acids is 1. The highest BCUT2D eigenvalue weighted by Crippen LogP contribution is 2.13. The molecule has 0 bridgehead atoms. The van der Waals surface area contributed by atoms with Crippen molar-refractivity contribution < 1.29 is 19.5 Å². The normalized spacial score (nSPS) is 20.8. The predicted octanol–water partition coefficient (Wildman–Crippen LogP) is -0.0233. The topological polar surface area (TPSA) is 86.7 Å². The highest BCUT2D eigenvalue weighted by atomic mass is 16.4. The van der Waals surface area contributed by atoms with Gasteiger partial charge in [-0.15, -0.1) is 0 Å². The van der Waals surface area contributed by atoms with Crippen molar-refractivity contribution in [2.75, 3.05) is 6.54 Å². The van der Waals surface area contributed by atoms with Crippen LogP contribution in [0.5, 0.6) is 0 Å². The lowest BCUT2D eigenvalue weighted by Gasteiger charge is -2.29. The molecule has 0 aromatic rings. The van der Waals surface area contributed by atoms with Crippen LogP contribution >= 0.6 is 0 Å². The maximum atomic E-state index is 12.1. The Hall–Kier alpha value is -1.59. The molecule has 2 unspecified atom stereocenters. The van der Waals surface area contributed by atoms with Gasteiger partial charge in [0.25, 0.3) is 0 Å². The van der Waals surface area contributed by atoms with Gasteiger partial charge in [-0.1, -0.05) is 6.92 Å². The smallest absolute Gasteiger partial charge is 0.323 e. The molecule has 2 N–H and O–H groups in total. The maximum absolute atomic E-state index is 12.1. The molecule has 6 heteroatoms. The zero-order valence-electron chi connectivity index (χ0n) is 10.1. The standard InChI is InChI=1S/C11H18N2O4/c1-3-7(2)13(6-10(15)16)11(17)8-4-5-9(14)12-8/h7-8H,3-6H2,1-2H3,(H,12,14)(H,15,16). The third kappa shape index (κ3) is 3.44. The number of hydrogen-bond acceptors (Lipinski definition) is 3. The van der Waals surface area contributed by atoms with Crippen LogP contribution in [0.15, 0.2) is 0 Å². The number of aliphatic carboxylic acids is 1. The summed E-state index contributed by atoms with van der Waals surface area (Å²) in [5.41, 5.74) is 0. The zero-order chi connectivity index (χ0) is 13.0. The Bertz CT molecular complexity index is 329. The summed E-state index contributed by atoms with van der Waals surface area (Å²) in [7, 11) is 0. The Morgan fingerprint density at radius 3 is 2.65 bits per heavy atom. The fourth-order valence-electron chi connectivity index (χ4n) is 1.82. The van der Waals surface area contributed by atoms with Crippen LogP contribution in [-0.4, -0.2) is 46.4 Å². The average molecular weight is 242 g/mol. The molecule has 0 aromatic heterocycles. The number of amides is 2. The summed E-state index contributed by atoms with van der Waals surface area (Å²) in [5, 5.41) is 11.4. The summed E-state index contributed by atoms with van der Waals surface area (Å²) in [6.45, 7) is 3.37. The minimum Gasteiger partial charge on any atom is -0.480 e. The van der Waals surface area contributed by atoms with E-state index in [0.29, 0.717) is 19.3 Å². The second-order valence-electron chi connectivity index (χ2n) is 4.28. The summed E-state index contributed by atoms with van der Waals surface area (Å²) >= 11 is 0. The van der Waals surface area contributed by atoms with Crippen LogP contribution in [0.1, 0.15) is 33.1 Å². The van der Waals surface area contributed by atoms with Crippen LogP contribution in [-0.2, 0) is 14.4 Å². The Morgan fingerprint density at radius 2 is 2.24 bits per heavy atom. The fraction of sp³-hybridized carbons (Fsp3) is 0.727. The third-order valence-electron chi connectivity index (χ3n) is 3.00. The van der Waals surface area contributed by atoms with Crippen molar-refractivity contribution >= 4 is 17.8 Å². The SMILES string of the molecule is CCC(C)N(CC(=O)O)C(=O)C1CCC(=O)N1. The van der Waals surface area contributed by atoms with Gasteiger partial charge >= 0.3 is 5.97 Å². The Morgan fingerprint density at radius 1 is 1.59 bits per heavy atom. The molecule has 96 valence electrons. The average Bonchev–Trinajstić information content (AvgIpc) is 2.70. The Balaban J connectivity index is 2.71. The van der Waals surface area contributed by atoms with E-state index < -0.39 is 12.0 Å². The van der Waals surface area contributed by atoms with Gasteiger partial charge in [-0.3, -0.25) is 14.4 Å². The lowest BCUT2D eigenvalue weighted by atomic mass is 10.1. The quantitative estimate of drug-likeness (QED) is 0.709. The molecule has 0 saturated carbocycles. The molecular formula is C11H18N2O4. The third-order valence-corrected chi connectivity index (χ3v) is 3.00. The van der Waals surface area contributed by atoms with E-state index in [9.17, 15) is 14.4 Å². The molecule has 1 aliphatic heterocycles. The van der Waals surface area contributed by atoms with Crippen molar-refractivity contribution in [2.45, 2.75) is 45.2 Å². The van der Waals surface area contributed by atoms with Crippen LogP contribution in [0, 0.1) is 0 Å². The van der Waals surface area contributed by atoms with E-state index in [1.807, 2.05) is 6.92 Å². The number of rotatable bonds is 5. The van der Waals surface area contributed by atoms with Gasteiger partial charge in [-0.25, -0.2) is 0 Å². The molecule has 0 spiro atoms. The molecule has 1 rings (SSSR count). The van der Waals surface area contributed by atoms with Crippen LogP contribution < -0.4 is 5.32 Å². The van der Waals surface area contributed by atoms with Crippen LogP contribution in [0.2, 0.25) is 0 Å². The molecule has 6 nitrogen and oxygen atoms in total. The number of nitrogens with one attached hydrogen (secondary N) is 1. The van der Waals surface area contributed by atoms with Crippen molar-refractivity contribution in [3.05, 3.63) is 0 Å². The molecule has 2 amide bonds. The molecule has 1 saturated heterocycles. The lowest BCUT2D eigenvalue weighted by molar-refractivity contribution is -0.147. The molecule has 1 aliphatic rings. The summed E-state index contributed by atoms with van der Waals surface area (Å²) in [6, 6.07) is -0.702. The molecule has 0 radical (unpaired) electrons. The van der Waals surface area contributed by atoms with Gasteiger partial charge in [-0.05, 0) is 19.8 Å².